The molecule has 0 unspecified atom stereocenters. The number of nitro groups is 1. The number of amides is 2. The van der Waals surface area contributed by atoms with Gasteiger partial charge in [-0.25, -0.2) is 0 Å². The third-order valence-electron chi connectivity index (χ3n) is 4.05. The van der Waals surface area contributed by atoms with Crippen LogP contribution in [0.4, 0.5) is 5.69 Å². The first kappa shape index (κ1) is 21.3. The van der Waals surface area contributed by atoms with Crippen molar-refractivity contribution in [2.24, 2.45) is 0 Å². The largest absolute Gasteiger partial charge is 0.497 e. The van der Waals surface area contributed by atoms with E-state index in [1.807, 2.05) is 0 Å². The maximum absolute atomic E-state index is 12.7. The lowest BCUT2D eigenvalue weighted by molar-refractivity contribution is -0.384. The van der Waals surface area contributed by atoms with Gasteiger partial charge in [0.05, 0.1) is 24.0 Å². The van der Waals surface area contributed by atoms with E-state index in [0.717, 1.165) is 22.8 Å². The molecule has 0 bridgehead atoms. The standard InChI is InChI=1S/C19H15N3O6S2/c1-27-14-7-6-11(15(10-14)28-2)9-16-18(24)21(19(29)30-16)20-17(23)12-4-3-5-13(8-12)22(25)26/h3-10H,1-2H3,(H,20,23). The number of ether oxygens (including phenoxy) is 2. The average Bonchev–Trinajstić information content (AvgIpc) is 3.01. The summed E-state index contributed by atoms with van der Waals surface area (Å²) in [6.45, 7) is 0. The van der Waals surface area contributed by atoms with Crippen molar-refractivity contribution in [3.8, 4) is 11.5 Å². The summed E-state index contributed by atoms with van der Waals surface area (Å²) in [6.07, 6.45) is 1.59. The van der Waals surface area contributed by atoms with Crippen LogP contribution in [0.1, 0.15) is 15.9 Å². The van der Waals surface area contributed by atoms with Gasteiger partial charge in [0.15, 0.2) is 4.32 Å². The number of hydrogen-bond donors (Lipinski definition) is 1. The molecule has 0 saturated carbocycles. The maximum Gasteiger partial charge on any atom is 0.285 e. The predicted octanol–water partition coefficient (Wildman–Crippen LogP) is 3.16. The number of nitrogens with one attached hydrogen (secondary N) is 1. The average molecular weight is 445 g/mol. The van der Waals surface area contributed by atoms with Crippen LogP contribution in [0.3, 0.4) is 0 Å². The van der Waals surface area contributed by atoms with Gasteiger partial charge in [-0.3, -0.25) is 25.1 Å². The highest BCUT2D eigenvalue weighted by Crippen LogP contribution is 2.34. The Bertz CT molecular complexity index is 1090. The first-order valence-electron chi connectivity index (χ1n) is 8.39. The highest BCUT2D eigenvalue weighted by molar-refractivity contribution is 8.26. The number of nitrogens with zero attached hydrogens (tertiary/aromatic N) is 2. The number of rotatable bonds is 6. The minimum atomic E-state index is -0.696. The second-order valence-electron chi connectivity index (χ2n) is 5.87. The number of non-ortho nitro benzene ring substituents is 1. The summed E-state index contributed by atoms with van der Waals surface area (Å²) in [5.41, 5.74) is 2.81. The van der Waals surface area contributed by atoms with E-state index in [-0.39, 0.29) is 20.5 Å². The van der Waals surface area contributed by atoms with Gasteiger partial charge in [0.25, 0.3) is 17.5 Å². The molecule has 0 spiro atoms. The molecule has 0 radical (unpaired) electrons. The predicted molar refractivity (Wildman–Crippen MR) is 115 cm³/mol. The molecule has 30 heavy (non-hydrogen) atoms. The Labute approximate surface area is 180 Å². The van der Waals surface area contributed by atoms with Crippen molar-refractivity contribution in [2.45, 2.75) is 0 Å². The molecule has 0 aliphatic carbocycles. The van der Waals surface area contributed by atoms with Crippen LogP contribution >= 0.6 is 24.0 Å². The molecular weight excluding hydrogens is 430 g/mol. The van der Waals surface area contributed by atoms with Gasteiger partial charge in [0, 0.05) is 29.3 Å². The Kier molecular flexibility index (Phi) is 6.33. The third-order valence-corrected chi connectivity index (χ3v) is 5.36. The number of carbonyl (C=O) groups is 2. The number of thioether (sulfide) groups is 1. The van der Waals surface area contributed by atoms with E-state index in [0.29, 0.717) is 17.1 Å². The summed E-state index contributed by atoms with van der Waals surface area (Å²) in [5, 5.41) is 11.8. The van der Waals surface area contributed by atoms with E-state index in [1.165, 1.54) is 32.4 Å². The van der Waals surface area contributed by atoms with Crippen molar-refractivity contribution < 1.29 is 24.0 Å². The van der Waals surface area contributed by atoms with Crippen molar-refractivity contribution in [1.82, 2.24) is 10.4 Å². The van der Waals surface area contributed by atoms with Crippen LogP contribution in [-0.2, 0) is 4.79 Å². The topological polar surface area (TPSA) is 111 Å². The molecule has 2 amide bonds. The van der Waals surface area contributed by atoms with Crippen LogP contribution in [0.5, 0.6) is 11.5 Å². The molecule has 2 aromatic rings. The Morgan fingerprint density at radius 2 is 2.00 bits per heavy atom. The second-order valence-corrected chi connectivity index (χ2v) is 7.55. The number of hydrogen-bond acceptors (Lipinski definition) is 8. The Hall–Kier alpha value is -3.44. The zero-order chi connectivity index (χ0) is 21.8. The lowest BCUT2D eigenvalue weighted by Crippen LogP contribution is -2.44. The molecule has 2 aromatic carbocycles. The maximum atomic E-state index is 12.7. The molecule has 3 rings (SSSR count). The van der Waals surface area contributed by atoms with Crippen molar-refractivity contribution in [3.63, 3.8) is 0 Å². The van der Waals surface area contributed by atoms with Gasteiger partial charge in [-0.1, -0.05) is 17.8 Å². The van der Waals surface area contributed by atoms with Crippen molar-refractivity contribution in [2.75, 3.05) is 14.2 Å². The zero-order valence-electron chi connectivity index (χ0n) is 15.8. The summed E-state index contributed by atoms with van der Waals surface area (Å²) < 4.78 is 10.6. The Morgan fingerprint density at radius 3 is 2.67 bits per heavy atom. The van der Waals surface area contributed by atoms with Crippen molar-refractivity contribution in [1.29, 1.82) is 0 Å². The Balaban J connectivity index is 1.81. The van der Waals surface area contributed by atoms with E-state index in [9.17, 15) is 19.7 Å². The summed E-state index contributed by atoms with van der Waals surface area (Å²) in [4.78, 5) is 35.8. The summed E-state index contributed by atoms with van der Waals surface area (Å²) in [6, 6.07) is 10.3. The monoisotopic (exact) mass is 445 g/mol. The molecule has 11 heteroatoms. The van der Waals surface area contributed by atoms with Crippen molar-refractivity contribution in [3.05, 3.63) is 68.6 Å². The van der Waals surface area contributed by atoms with Gasteiger partial charge < -0.3 is 9.47 Å². The fourth-order valence-corrected chi connectivity index (χ4v) is 3.74. The van der Waals surface area contributed by atoms with E-state index in [1.54, 1.807) is 24.3 Å². The molecule has 1 saturated heterocycles. The first-order valence-corrected chi connectivity index (χ1v) is 9.62. The summed E-state index contributed by atoms with van der Waals surface area (Å²) in [7, 11) is 3.03. The van der Waals surface area contributed by atoms with Crippen LogP contribution in [0.2, 0.25) is 0 Å². The molecule has 1 heterocycles. The lowest BCUT2D eigenvalue weighted by Gasteiger charge is -2.15. The van der Waals surface area contributed by atoms with Crippen LogP contribution in [0.25, 0.3) is 6.08 Å². The van der Waals surface area contributed by atoms with Gasteiger partial charge in [0.2, 0.25) is 0 Å². The highest BCUT2D eigenvalue weighted by Gasteiger charge is 2.34. The van der Waals surface area contributed by atoms with Gasteiger partial charge in [-0.2, -0.15) is 5.01 Å². The van der Waals surface area contributed by atoms with Crippen molar-refractivity contribution >= 4 is 51.9 Å². The SMILES string of the molecule is COc1ccc(C=C2SC(=S)N(NC(=O)c3cccc([N+](=O)[O-])c3)C2=O)c(OC)c1. The molecule has 1 N–H and O–H groups in total. The van der Waals surface area contributed by atoms with E-state index in [2.05, 4.69) is 5.43 Å². The Morgan fingerprint density at radius 1 is 1.23 bits per heavy atom. The van der Waals surface area contributed by atoms with E-state index >= 15 is 0 Å². The van der Waals surface area contributed by atoms with Crippen LogP contribution < -0.4 is 14.9 Å². The molecule has 1 fully saturated rings. The quantitative estimate of drug-likeness (QED) is 0.312. The fourth-order valence-electron chi connectivity index (χ4n) is 2.57. The highest BCUT2D eigenvalue weighted by atomic mass is 32.2. The molecule has 154 valence electrons. The van der Waals surface area contributed by atoms with Crippen LogP contribution in [-0.4, -0.2) is 40.3 Å². The second kappa shape index (κ2) is 8.93. The number of benzene rings is 2. The number of carbonyl (C=O) groups excluding carboxylic acids is 2. The number of nitro benzene ring substituents is 1. The molecular formula is C19H15N3O6S2. The molecule has 1 aliphatic rings. The van der Waals surface area contributed by atoms with E-state index < -0.39 is 16.7 Å². The summed E-state index contributed by atoms with van der Waals surface area (Å²) in [5.74, 6) is -0.124. The lowest BCUT2D eigenvalue weighted by atomic mass is 10.1. The fraction of sp³-hybridized carbons (Fsp3) is 0.105. The zero-order valence-corrected chi connectivity index (χ0v) is 17.4. The minimum Gasteiger partial charge on any atom is -0.497 e. The third kappa shape index (κ3) is 4.42. The number of hydrazine groups is 1. The van der Waals surface area contributed by atoms with Gasteiger partial charge >= 0.3 is 0 Å². The van der Waals surface area contributed by atoms with Gasteiger partial charge in [-0.05, 0) is 36.5 Å². The van der Waals surface area contributed by atoms with Gasteiger partial charge in [-0.15, -0.1) is 0 Å². The van der Waals surface area contributed by atoms with Gasteiger partial charge in [0.1, 0.15) is 11.5 Å². The first-order chi connectivity index (χ1) is 14.3. The van der Waals surface area contributed by atoms with Crippen LogP contribution in [0.15, 0.2) is 47.4 Å². The normalized spacial score (nSPS) is 14.7. The summed E-state index contributed by atoms with van der Waals surface area (Å²) >= 11 is 6.21. The number of thiocarbonyl (C=S) groups is 1. The number of methoxy groups -OCH3 is 2. The molecule has 9 nitrogen and oxygen atoms in total. The molecule has 0 aromatic heterocycles. The molecule has 1 aliphatic heterocycles. The van der Waals surface area contributed by atoms with E-state index in [4.69, 9.17) is 21.7 Å². The van der Waals surface area contributed by atoms with Crippen LogP contribution in [0, 0.1) is 10.1 Å². The minimum absolute atomic E-state index is 0.0269. The smallest absolute Gasteiger partial charge is 0.285 e. The molecule has 0 atom stereocenters.